The molecule has 1 radical (unpaired) electrons. The van der Waals surface area contributed by atoms with E-state index in [4.69, 9.17) is 0 Å². The van der Waals surface area contributed by atoms with Crippen LogP contribution in [0.4, 0.5) is 0 Å². The molecule has 0 aromatic rings. The summed E-state index contributed by atoms with van der Waals surface area (Å²) in [5.74, 6) is 0. The maximum Gasteiger partial charge on any atom is 3.00 e. The Labute approximate surface area is 111 Å². The summed E-state index contributed by atoms with van der Waals surface area (Å²) in [4.78, 5) is 0. The third-order valence-corrected chi connectivity index (χ3v) is 2.24. The molecule has 0 N–H and O–H groups in total. The molecule has 1 fully saturated rings. The van der Waals surface area contributed by atoms with Crippen molar-refractivity contribution in [1.29, 1.82) is 0 Å². The molecule has 0 unspecified atom stereocenters. The number of hydrogen-bond acceptors (Lipinski definition) is 0. The van der Waals surface area contributed by atoms with Crippen LogP contribution in [0.15, 0.2) is 36.5 Å². The van der Waals surface area contributed by atoms with Gasteiger partial charge in [0.05, 0.1) is 0 Å². The molecule has 87 valence electrons. The molecule has 0 spiro atoms. The fourth-order valence-electron chi connectivity index (χ4n) is 1.40. The zero-order valence-electron chi connectivity index (χ0n) is 9.64. The molecule has 0 aromatic carbocycles. The van der Waals surface area contributed by atoms with Gasteiger partial charge in [-0.25, -0.2) is 24.3 Å². The first kappa shape index (κ1) is 15.5. The van der Waals surface area contributed by atoms with E-state index in [1.165, 1.54) is 25.7 Å². The third-order valence-electron chi connectivity index (χ3n) is 2.24. The molecule has 0 nitrogen and oxygen atoms in total. The Morgan fingerprint density at radius 3 is 1.44 bits per heavy atom. The molecule has 3 rings (SSSR count). The van der Waals surface area contributed by atoms with Crippen molar-refractivity contribution in [1.82, 2.24) is 0 Å². The van der Waals surface area contributed by atoms with Crippen molar-refractivity contribution in [2.45, 2.75) is 38.5 Å². The Morgan fingerprint density at radius 1 is 0.812 bits per heavy atom. The maximum absolute atomic E-state index is 2.99. The predicted octanol–water partition coefficient (Wildman–Crippen LogP) is 4.37. The van der Waals surface area contributed by atoms with Crippen LogP contribution < -0.4 is 0 Å². The van der Waals surface area contributed by atoms with Crippen LogP contribution in [0.5, 0.6) is 0 Å². The fraction of sp³-hybridized carbons (Fsp3) is 0.400. The van der Waals surface area contributed by atoms with Crippen LogP contribution in [0.2, 0.25) is 0 Å². The van der Waals surface area contributed by atoms with E-state index >= 15 is 0 Å². The predicted molar refractivity (Wildman–Crippen MR) is 65.9 cm³/mol. The molecule has 1 saturated carbocycles. The standard InChI is InChI=1S/C5H9.2C5H5.Fe/c3*1-2-4-5-3-1;/h1H,2-5H2;2*1-3H,4H2;/q3*-1;+3. The van der Waals surface area contributed by atoms with Gasteiger partial charge in [-0.05, 0) is 0 Å². The number of allylic oxidation sites excluding steroid dienone is 8. The normalized spacial score (nSPS) is 18.5. The van der Waals surface area contributed by atoms with Gasteiger partial charge in [-0.2, -0.15) is 25.0 Å². The minimum Gasteiger partial charge on any atom is -0.328 e. The number of hydrogen-bond donors (Lipinski definition) is 0. The Balaban J connectivity index is 0.000000205. The zero-order valence-corrected chi connectivity index (χ0v) is 10.7. The van der Waals surface area contributed by atoms with Crippen LogP contribution in [0.25, 0.3) is 0 Å². The van der Waals surface area contributed by atoms with Crippen LogP contribution in [0.1, 0.15) is 38.5 Å². The van der Waals surface area contributed by atoms with Gasteiger partial charge in [0.2, 0.25) is 0 Å². The topological polar surface area (TPSA) is 0 Å². The van der Waals surface area contributed by atoms with E-state index in [9.17, 15) is 0 Å². The summed E-state index contributed by atoms with van der Waals surface area (Å²) >= 11 is 0. The van der Waals surface area contributed by atoms with E-state index in [2.05, 4.69) is 30.7 Å². The molecule has 0 aromatic heterocycles. The van der Waals surface area contributed by atoms with Crippen molar-refractivity contribution >= 4 is 0 Å². The van der Waals surface area contributed by atoms with E-state index in [-0.39, 0.29) is 17.1 Å². The summed E-state index contributed by atoms with van der Waals surface area (Å²) in [7, 11) is 0. The van der Waals surface area contributed by atoms with E-state index in [0.717, 1.165) is 12.8 Å². The second-order valence-corrected chi connectivity index (χ2v) is 3.58. The second kappa shape index (κ2) is 12.5. The monoisotopic (exact) mass is 255 g/mol. The van der Waals surface area contributed by atoms with Gasteiger partial charge in [-0.1, -0.05) is 12.8 Å². The van der Waals surface area contributed by atoms with Crippen molar-refractivity contribution in [3.05, 3.63) is 55.0 Å². The summed E-state index contributed by atoms with van der Waals surface area (Å²) in [6.07, 6.45) is 28.0. The van der Waals surface area contributed by atoms with Gasteiger partial charge >= 0.3 is 17.1 Å². The van der Waals surface area contributed by atoms with Crippen LogP contribution in [-0.2, 0) is 17.1 Å². The molecule has 3 aliphatic rings. The third kappa shape index (κ3) is 10.0. The molecule has 0 aliphatic heterocycles. The molecule has 3 aliphatic carbocycles. The van der Waals surface area contributed by atoms with Crippen LogP contribution in [0, 0.1) is 18.6 Å². The molecule has 0 amide bonds. The molecule has 0 heterocycles. The Hall–Kier alpha value is -0.521. The summed E-state index contributed by atoms with van der Waals surface area (Å²) in [5, 5.41) is 0. The average molecular weight is 255 g/mol. The van der Waals surface area contributed by atoms with Gasteiger partial charge in [0.15, 0.2) is 0 Å². The SMILES string of the molecule is [C-]1=CC=CC1.[C-]1=CC=CC1.[CH-]1CCCC1.[Fe+3]. The molecule has 0 bridgehead atoms. The molecule has 1 heteroatoms. The van der Waals surface area contributed by atoms with Gasteiger partial charge in [0.1, 0.15) is 0 Å². The average Bonchev–Trinajstić information content (AvgIpc) is 3.09. The van der Waals surface area contributed by atoms with Crippen molar-refractivity contribution in [3.8, 4) is 0 Å². The summed E-state index contributed by atoms with van der Waals surface area (Å²) in [6.45, 7) is 0. The molecule has 16 heavy (non-hydrogen) atoms. The Kier molecular flexibility index (Phi) is 12.1. The Morgan fingerprint density at radius 2 is 1.31 bits per heavy atom. The minimum atomic E-state index is 0. The van der Waals surface area contributed by atoms with Gasteiger partial charge in [-0.15, -0.1) is 12.8 Å². The zero-order chi connectivity index (χ0) is 10.6. The fourth-order valence-corrected chi connectivity index (χ4v) is 1.40. The molecule has 0 saturated heterocycles. The van der Waals surface area contributed by atoms with Crippen molar-refractivity contribution < 1.29 is 17.1 Å². The number of rotatable bonds is 0. The smallest absolute Gasteiger partial charge is 0.328 e. The van der Waals surface area contributed by atoms with Crippen LogP contribution in [-0.4, -0.2) is 0 Å². The summed E-state index contributed by atoms with van der Waals surface area (Å²) in [5.41, 5.74) is 0. The Bertz CT molecular complexity index is 193. The first-order chi connectivity index (χ1) is 7.50. The molecular weight excluding hydrogens is 236 g/mol. The quantitative estimate of drug-likeness (QED) is 0.445. The first-order valence-electron chi connectivity index (χ1n) is 5.75. The van der Waals surface area contributed by atoms with Gasteiger partial charge in [-0.3, -0.25) is 12.2 Å². The van der Waals surface area contributed by atoms with E-state index in [0.29, 0.717) is 0 Å². The van der Waals surface area contributed by atoms with Gasteiger partial charge in [0, 0.05) is 0 Å². The second-order valence-electron chi connectivity index (χ2n) is 3.58. The van der Waals surface area contributed by atoms with E-state index < -0.39 is 0 Å². The van der Waals surface area contributed by atoms with Gasteiger partial charge in [0.25, 0.3) is 0 Å². The van der Waals surface area contributed by atoms with Crippen LogP contribution in [0.3, 0.4) is 0 Å². The largest absolute Gasteiger partial charge is 3.00 e. The summed E-state index contributed by atoms with van der Waals surface area (Å²) < 4.78 is 0. The van der Waals surface area contributed by atoms with Crippen LogP contribution >= 0.6 is 0 Å². The van der Waals surface area contributed by atoms with Crippen molar-refractivity contribution in [2.75, 3.05) is 0 Å². The van der Waals surface area contributed by atoms with Crippen molar-refractivity contribution in [3.63, 3.8) is 0 Å². The van der Waals surface area contributed by atoms with Crippen molar-refractivity contribution in [2.24, 2.45) is 0 Å². The first-order valence-corrected chi connectivity index (χ1v) is 5.75. The van der Waals surface area contributed by atoms with E-state index in [1.807, 2.05) is 24.3 Å². The maximum atomic E-state index is 2.99. The molecular formula is C15H19Fe. The molecule has 0 atom stereocenters. The summed E-state index contributed by atoms with van der Waals surface area (Å²) in [6, 6.07) is 0. The van der Waals surface area contributed by atoms with Gasteiger partial charge < -0.3 is 6.42 Å². The van der Waals surface area contributed by atoms with E-state index in [1.54, 1.807) is 0 Å². The minimum absolute atomic E-state index is 0.